The van der Waals surface area contributed by atoms with E-state index in [1.807, 2.05) is 6.07 Å². The molecule has 3 N–H and O–H groups in total. The lowest BCUT2D eigenvalue weighted by molar-refractivity contribution is -0.117. The number of carbonyl (C=O) groups is 1. The van der Waals surface area contributed by atoms with Crippen molar-refractivity contribution >= 4 is 27.5 Å². The van der Waals surface area contributed by atoms with E-state index in [-0.39, 0.29) is 6.54 Å². The minimum Gasteiger partial charge on any atom is -0.506 e. The molecule has 1 aliphatic rings. The first-order valence-corrected chi connectivity index (χ1v) is 9.10. The van der Waals surface area contributed by atoms with E-state index in [1.165, 1.54) is 12.3 Å². The van der Waals surface area contributed by atoms with Crippen LogP contribution < -0.4 is 14.3 Å². The molecule has 140 valence electrons. The monoisotopic (exact) mass is 391 g/mol. The molecule has 2 aromatic rings. The second-order valence-electron chi connectivity index (χ2n) is 5.80. The third-order valence-corrected chi connectivity index (χ3v) is 5.25. The Bertz CT molecular complexity index is 1060. The number of hydrogen-bond donors (Lipinski definition) is 3. The van der Waals surface area contributed by atoms with E-state index in [0.717, 1.165) is 6.07 Å². The van der Waals surface area contributed by atoms with Gasteiger partial charge in [0.2, 0.25) is 0 Å². The van der Waals surface area contributed by atoms with E-state index >= 15 is 0 Å². The summed E-state index contributed by atoms with van der Waals surface area (Å²) in [5, 5.41) is 22.1. The highest BCUT2D eigenvalue weighted by Crippen LogP contribution is 2.34. The molecule has 1 amide bonds. The Morgan fingerprint density at radius 1 is 1.44 bits per heavy atom. The standard InChI is InChI=1S/C16H14FN5O4S/c1-9-11(5-18)4-12(7-19-9)20-6-10-2-13(17)16(14(23)3-10)22-8-15(24)21-27(22,25)26/h2-4,7,20,23H,6,8H2,1H3,(H,21,24). The molecule has 0 aliphatic carbocycles. The van der Waals surface area contributed by atoms with Crippen LogP contribution in [0.3, 0.4) is 0 Å². The van der Waals surface area contributed by atoms with Crippen LogP contribution >= 0.6 is 0 Å². The van der Waals surface area contributed by atoms with Gasteiger partial charge in [-0.25, -0.2) is 13.4 Å². The van der Waals surface area contributed by atoms with Crippen LogP contribution in [0.5, 0.6) is 5.75 Å². The van der Waals surface area contributed by atoms with Crippen molar-refractivity contribution in [2.24, 2.45) is 0 Å². The number of nitrogens with zero attached hydrogens (tertiary/aromatic N) is 3. The van der Waals surface area contributed by atoms with Crippen molar-refractivity contribution in [1.82, 2.24) is 9.71 Å². The molecule has 1 saturated heterocycles. The number of aryl methyl sites for hydroxylation is 1. The van der Waals surface area contributed by atoms with Crippen molar-refractivity contribution in [3.63, 3.8) is 0 Å². The number of phenols is 1. The summed E-state index contributed by atoms with van der Waals surface area (Å²) in [6.45, 7) is 1.17. The number of nitrogens with one attached hydrogen (secondary N) is 2. The van der Waals surface area contributed by atoms with Gasteiger partial charge >= 0.3 is 10.2 Å². The Balaban J connectivity index is 1.83. The van der Waals surface area contributed by atoms with Crippen LogP contribution in [0.4, 0.5) is 15.8 Å². The third-order valence-electron chi connectivity index (χ3n) is 3.88. The molecule has 1 aromatic heterocycles. The average molecular weight is 391 g/mol. The summed E-state index contributed by atoms with van der Waals surface area (Å²) >= 11 is 0. The van der Waals surface area contributed by atoms with Crippen LogP contribution in [0.15, 0.2) is 24.4 Å². The number of aromatic nitrogens is 1. The normalized spacial score (nSPS) is 15.3. The molecule has 1 aromatic carbocycles. The largest absolute Gasteiger partial charge is 0.506 e. The molecule has 2 heterocycles. The van der Waals surface area contributed by atoms with Gasteiger partial charge < -0.3 is 10.4 Å². The van der Waals surface area contributed by atoms with Crippen molar-refractivity contribution in [3.05, 3.63) is 47.0 Å². The average Bonchev–Trinajstić information content (AvgIpc) is 2.85. The number of pyridine rings is 1. The van der Waals surface area contributed by atoms with Gasteiger partial charge in [-0.2, -0.15) is 13.7 Å². The Labute approximate surface area is 154 Å². The maximum Gasteiger partial charge on any atom is 0.326 e. The van der Waals surface area contributed by atoms with Gasteiger partial charge in [0, 0.05) is 6.54 Å². The van der Waals surface area contributed by atoms with E-state index in [2.05, 4.69) is 10.3 Å². The van der Waals surface area contributed by atoms with Gasteiger partial charge in [-0.05, 0) is 30.7 Å². The smallest absolute Gasteiger partial charge is 0.326 e. The molecule has 27 heavy (non-hydrogen) atoms. The minimum absolute atomic E-state index is 0.0876. The van der Waals surface area contributed by atoms with E-state index in [1.54, 1.807) is 17.7 Å². The van der Waals surface area contributed by atoms with Crippen LogP contribution in [0.2, 0.25) is 0 Å². The summed E-state index contributed by atoms with van der Waals surface area (Å²) in [6.07, 6.45) is 1.51. The molecule has 0 saturated carbocycles. The van der Waals surface area contributed by atoms with E-state index in [0.29, 0.717) is 26.8 Å². The van der Waals surface area contributed by atoms with Crippen LogP contribution in [0, 0.1) is 24.1 Å². The van der Waals surface area contributed by atoms with Gasteiger partial charge in [-0.3, -0.25) is 9.78 Å². The van der Waals surface area contributed by atoms with Crippen LogP contribution in [-0.2, 0) is 21.5 Å². The van der Waals surface area contributed by atoms with Crippen LogP contribution in [-0.4, -0.2) is 31.0 Å². The predicted molar refractivity (Wildman–Crippen MR) is 93.5 cm³/mol. The molecule has 1 fully saturated rings. The third kappa shape index (κ3) is 3.61. The molecule has 9 nitrogen and oxygen atoms in total. The molecule has 0 atom stereocenters. The lowest BCUT2D eigenvalue weighted by Gasteiger charge is -2.18. The van der Waals surface area contributed by atoms with Gasteiger partial charge in [-0.15, -0.1) is 0 Å². The fourth-order valence-electron chi connectivity index (χ4n) is 2.58. The van der Waals surface area contributed by atoms with Crippen molar-refractivity contribution < 1.29 is 22.7 Å². The number of amides is 1. The molecule has 0 unspecified atom stereocenters. The topological polar surface area (TPSA) is 135 Å². The van der Waals surface area contributed by atoms with Gasteiger partial charge in [-0.1, -0.05) is 0 Å². The quantitative estimate of drug-likeness (QED) is 0.704. The molecular formula is C16H14FN5O4S. The van der Waals surface area contributed by atoms with Crippen molar-refractivity contribution in [2.75, 3.05) is 16.2 Å². The molecule has 0 spiro atoms. The Hall–Kier alpha value is -3.39. The number of anilines is 2. The van der Waals surface area contributed by atoms with Gasteiger partial charge in [0.25, 0.3) is 5.91 Å². The highest BCUT2D eigenvalue weighted by Gasteiger charge is 2.37. The number of aromatic hydroxyl groups is 1. The fourth-order valence-corrected chi connectivity index (χ4v) is 3.75. The molecular weight excluding hydrogens is 377 g/mol. The number of hydrogen-bond acceptors (Lipinski definition) is 7. The minimum atomic E-state index is -4.23. The number of benzene rings is 1. The molecule has 0 radical (unpaired) electrons. The Morgan fingerprint density at radius 2 is 2.19 bits per heavy atom. The maximum atomic E-state index is 14.4. The summed E-state index contributed by atoms with van der Waals surface area (Å²) in [5.41, 5.74) is 1.22. The van der Waals surface area contributed by atoms with E-state index < -0.39 is 39.9 Å². The van der Waals surface area contributed by atoms with E-state index in [9.17, 15) is 22.7 Å². The number of rotatable bonds is 4. The first-order chi connectivity index (χ1) is 12.7. The van der Waals surface area contributed by atoms with Gasteiger partial charge in [0.1, 0.15) is 24.1 Å². The number of carbonyl (C=O) groups excluding carboxylic acids is 1. The fraction of sp³-hybridized carbons (Fsp3) is 0.188. The molecule has 3 rings (SSSR count). The number of phenolic OH excluding ortho intramolecular Hbond substituents is 1. The second-order valence-corrected chi connectivity index (χ2v) is 7.40. The summed E-state index contributed by atoms with van der Waals surface area (Å²) in [4.78, 5) is 15.4. The van der Waals surface area contributed by atoms with Crippen molar-refractivity contribution in [2.45, 2.75) is 13.5 Å². The number of halogens is 1. The SMILES string of the molecule is Cc1ncc(NCc2cc(O)c(N3CC(=O)NS3(=O)=O)c(F)c2)cc1C#N. The summed E-state index contributed by atoms with van der Waals surface area (Å²) in [5.74, 6) is -2.43. The second kappa shape index (κ2) is 6.73. The zero-order valence-electron chi connectivity index (χ0n) is 14.0. The van der Waals surface area contributed by atoms with Crippen molar-refractivity contribution in [1.29, 1.82) is 5.26 Å². The Kier molecular flexibility index (Phi) is 4.59. The van der Waals surface area contributed by atoms with Gasteiger partial charge in [0.15, 0.2) is 5.82 Å². The Morgan fingerprint density at radius 3 is 2.78 bits per heavy atom. The molecule has 11 heteroatoms. The summed E-state index contributed by atoms with van der Waals surface area (Å²) in [7, 11) is -4.23. The summed E-state index contributed by atoms with van der Waals surface area (Å²) < 4.78 is 40.3. The van der Waals surface area contributed by atoms with Crippen LogP contribution in [0.25, 0.3) is 0 Å². The van der Waals surface area contributed by atoms with E-state index in [4.69, 9.17) is 5.26 Å². The highest BCUT2D eigenvalue weighted by atomic mass is 32.2. The molecule has 1 aliphatic heterocycles. The zero-order chi connectivity index (χ0) is 19.8. The van der Waals surface area contributed by atoms with Crippen LogP contribution in [0.1, 0.15) is 16.8 Å². The first kappa shape index (κ1) is 18.4. The lowest BCUT2D eigenvalue weighted by atomic mass is 10.1. The lowest BCUT2D eigenvalue weighted by Crippen LogP contribution is -2.30. The maximum absolute atomic E-state index is 14.4. The van der Waals surface area contributed by atoms with Gasteiger partial charge in [0.05, 0.1) is 23.1 Å². The highest BCUT2D eigenvalue weighted by molar-refractivity contribution is 7.92. The van der Waals surface area contributed by atoms with Crippen molar-refractivity contribution in [3.8, 4) is 11.8 Å². The number of nitriles is 1. The summed E-state index contributed by atoms with van der Waals surface area (Å²) in [6, 6.07) is 5.83. The zero-order valence-corrected chi connectivity index (χ0v) is 14.8. The predicted octanol–water partition coefficient (Wildman–Crippen LogP) is 0.899. The molecule has 0 bridgehead atoms. The first-order valence-electron chi connectivity index (χ1n) is 7.66.